The summed E-state index contributed by atoms with van der Waals surface area (Å²) in [6, 6.07) is 8.05. The molecule has 0 saturated heterocycles. The predicted molar refractivity (Wildman–Crippen MR) is 121 cm³/mol. The SMILES string of the molecule is COC[C@@H](C)N(Cc1ccc(C(C)(F)F)cn1)C(=O)c1ccc2nc(N)c(C)cc2c1C. The zero-order chi connectivity index (χ0) is 23.6. The average Bonchev–Trinajstić information content (AvgIpc) is 2.73. The van der Waals surface area contributed by atoms with Crippen LogP contribution in [0.25, 0.3) is 10.9 Å². The molecule has 2 heterocycles. The fourth-order valence-electron chi connectivity index (χ4n) is 3.60. The number of fused-ring (bicyclic) bond motifs is 1. The fraction of sp³-hybridized carbons (Fsp3) is 0.375. The number of aromatic nitrogens is 2. The Morgan fingerprint density at radius 1 is 1.25 bits per heavy atom. The lowest BCUT2D eigenvalue weighted by Gasteiger charge is -2.29. The molecule has 8 heteroatoms. The third kappa shape index (κ3) is 4.85. The second-order valence-corrected chi connectivity index (χ2v) is 8.16. The van der Waals surface area contributed by atoms with E-state index < -0.39 is 5.92 Å². The minimum Gasteiger partial charge on any atom is -0.383 e. The van der Waals surface area contributed by atoms with Gasteiger partial charge < -0.3 is 15.4 Å². The number of pyridine rings is 2. The van der Waals surface area contributed by atoms with E-state index >= 15 is 0 Å². The number of carbonyl (C=O) groups excluding carboxylic acids is 1. The summed E-state index contributed by atoms with van der Waals surface area (Å²) in [4.78, 5) is 23.8. The van der Waals surface area contributed by atoms with Crippen LogP contribution in [0.1, 0.15) is 46.6 Å². The summed E-state index contributed by atoms with van der Waals surface area (Å²) in [6.07, 6.45) is 1.15. The first-order valence-corrected chi connectivity index (χ1v) is 10.3. The number of rotatable bonds is 7. The number of aryl methyl sites for hydroxylation is 2. The van der Waals surface area contributed by atoms with Gasteiger partial charge in [0.15, 0.2) is 0 Å². The van der Waals surface area contributed by atoms with Crippen LogP contribution in [0.2, 0.25) is 0 Å². The number of nitrogens with two attached hydrogens (primary N) is 1. The highest BCUT2D eigenvalue weighted by atomic mass is 19.3. The third-order valence-electron chi connectivity index (χ3n) is 5.59. The van der Waals surface area contributed by atoms with Crippen LogP contribution in [0.5, 0.6) is 0 Å². The van der Waals surface area contributed by atoms with Crippen LogP contribution in [0.3, 0.4) is 0 Å². The number of alkyl halides is 2. The Kier molecular flexibility index (Phi) is 6.74. The van der Waals surface area contributed by atoms with E-state index in [2.05, 4.69) is 9.97 Å². The van der Waals surface area contributed by atoms with Crippen molar-refractivity contribution in [2.45, 2.75) is 46.2 Å². The first-order valence-electron chi connectivity index (χ1n) is 10.3. The van der Waals surface area contributed by atoms with Crippen molar-refractivity contribution in [2.24, 2.45) is 0 Å². The zero-order valence-corrected chi connectivity index (χ0v) is 18.9. The molecular formula is C24H28F2N4O2. The van der Waals surface area contributed by atoms with E-state index in [4.69, 9.17) is 10.5 Å². The van der Waals surface area contributed by atoms with Gasteiger partial charge in [-0.25, -0.2) is 13.8 Å². The van der Waals surface area contributed by atoms with Gasteiger partial charge in [0.05, 0.1) is 30.4 Å². The lowest BCUT2D eigenvalue weighted by atomic mass is 10.00. The number of amides is 1. The first kappa shape index (κ1) is 23.5. The molecule has 0 bridgehead atoms. The van der Waals surface area contributed by atoms with Crippen LogP contribution in [-0.2, 0) is 17.2 Å². The molecule has 3 rings (SSSR count). The monoisotopic (exact) mass is 442 g/mol. The summed E-state index contributed by atoms with van der Waals surface area (Å²) in [5.74, 6) is -2.71. The number of anilines is 1. The maximum absolute atomic E-state index is 13.6. The molecule has 0 spiro atoms. The summed E-state index contributed by atoms with van der Waals surface area (Å²) in [6.45, 7) is 6.93. The van der Waals surface area contributed by atoms with Gasteiger partial charge in [0, 0.05) is 36.7 Å². The molecule has 2 aromatic heterocycles. The van der Waals surface area contributed by atoms with Gasteiger partial charge >= 0.3 is 0 Å². The average molecular weight is 443 g/mol. The van der Waals surface area contributed by atoms with Crippen molar-refractivity contribution in [2.75, 3.05) is 19.5 Å². The number of nitrogen functional groups attached to an aromatic ring is 1. The Bertz CT molecular complexity index is 1130. The van der Waals surface area contributed by atoms with E-state index in [0.717, 1.165) is 35.2 Å². The Balaban J connectivity index is 1.98. The minimum atomic E-state index is -2.97. The van der Waals surface area contributed by atoms with Gasteiger partial charge in [0.25, 0.3) is 11.8 Å². The highest BCUT2D eigenvalue weighted by molar-refractivity contribution is 6.01. The molecule has 170 valence electrons. The molecule has 0 saturated carbocycles. The summed E-state index contributed by atoms with van der Waals surface area (Å²) in [5, 5.41) is 0.856. The van der Waals surface area contributed by atoms with Gasteiger partial charge in [-0.05, 0) is 62.2 Å². The standard InChI is InChI=1S/C24H28F2N4O2/c1-14-10-20-16(3)19(8-9-21(20)29-22(14)27)23(31)30(15(2)13-32-5)12-18-7-6-17(11-28-18)24(4,25)26/h6-11,15H,12-13H2,1-5H3,(H2,27,29)/t15-/m1/s1. The summed E-state index contributed by atoms with van der Waals surface area (Å²) in [7, 11) is 1.57. The molecule has 2 N–H and O–H groups in total. The summed E-state index contributed by atoms with van der Waals surface area (Å²) >= 11 is 0. The smallest absolute Gasteiger partial charge is 0.272 e. The number of hydrogen-bond acceptors (Lipinski definition) is 5. The van der Waals surface area contributed by atoms with Gasteiger partial charge in [-0.2, -0.15) is 0 Å². The van der Waals surface area contributed by atoms with E-state index in [1.54, 1.807) is 24.1 Å². The van der Waals surface area contributed by atoms with Crippen LogP contribution in [0, 0.1) is 13.8 Å². The van der Waals surface area contributed by atoms with Crippen molar-refractivity contribution in [3.63, 3.8) is 0 Å². The Hall–Kier alpha value is -3.13. The van der Waals surface area contributed by atoms with Gasteiger partial charge in [-0.3, -0.25) is 9.78 Å². The molecule has 6 nitrogen and oxygen atoms in total. The molecular weight excluding hydrogens is 414 g/mol. The Morgan fingerprint density at radius 2 is 1.97 bits per heavy atom. The van der Waals surface area contributed by atoms with Crippen LogP contribution in [-0.4, -0.2) is 40.5 Å². The topological polar surface area (TPSA) is 81.3 Å². The lowest BCUT2D eigenvalue weighted by Crippen LogP contribution is -2.41. The van der Waals surface area contributed by atoms with Gasteiger partial charge in [0.1, 0.15) is 5.82 Å². The van der Waals surface area contributed by atoms with E-state index in [-0.39, 0.29) is 24.1 Å². The second-order valence-electron chi connectivity index (χ2n) is 8.16. The predicted octanol–water partition coefficient (Wildman–Crippen LogP) is 4.62. The number of benzene rings is 1. The highest BCUT2D eigenvalue weighted by Crippen LogP contribution is 2.27. The Morgan fingerprint density at radius 3 is 2.56 bits per heavy atom. The molecule has 1 atom stereocenters. The maximum Gasteiger partial charge on any atom is 0.272 e. The molecule has 1 aromatic carbocycles. The van der Waals surface area contributed by atoms with Crippen molar-refractivity contribution in [3.05, 3.63) is 64.5 Å². The fourth-order valence-corrected chi connectivity index (χ4v) is 3.60. The van der Waals surface area contributed by atoms with Crippen LogP contribution in [0.4, 0.5) is 14.6 Å². The minimum absolute atomic E-state index is 0.162. The Labute approximate surface area is 186 Å². The second kappa shape index (κ2) is 9.16. The molecule has 0 aliphatic rings. The van der Waals surface area contributed by atoms with E-state index in [9.17, 15) is 13.6 Å². The molecule has 3 aromatic rings. The largest absolute Gasteiger partial charge is 0.383 e. The van der Waals surface area contributed by atoms with E-state index in [1.165, 1.54) is 12.1 Å². The number of carbonyl (C=O) groups is 1. The molecule has 0 aliphatic carbocycles. The van der Waals surface area contributed by atoms with E-state index in [0.29, 0.717) is 23.7 Å². The van der Waals surface area contributed by atoms with Gasteiger partial charge in [-0.1, -0.05) is 0 Å². The summed E-state index contributed by atoms with van der Waals surface area (Å²) < 4.78 is 32.3. The van der Waals surface area contributed by atoms with Crippen molar-refractivity contribution >= 4 is 22.6 Å². The van der Waals surface area contributed by atoms with Crippen LogP contribution in [0.15, 0.2) is 36.5 Å². The van der Waals surface area contributed by atoms with E-state index in [1.807, 2.05) is 26.8 Å². The molecule has 1 amide bonds. The van der Waals surface area contributed by atoms with Gasteiger partial charge in [0.2, 0.25) is 0 Å². The normalized spacial score (nSPS) is 12.7. The molecule has 0 fully saturated rings. The molecule has 0 aliphatic heterocycles. The van der Waals surface area contributed by atoms with Gasteiger partial charge in [-0.15, -0.1) is 0 Å². The number of ether oxygens (including phenoxy) is 1. The van der Waals surface area contributed by atoms with Crippen LogP contribution < -0.4 is 5.73 Å². The first-order chi connectivity index (χ1) is 15.0. The lowest BCUT2D eigenvalue weighted by molar-refractivity contribution is 0.0170. The molecule has 0 unspecified atom stereocenters. The van der Waals surface area contributed by atoms with Crippen molar-refractivity contribution in [3.8, 4) is 0 Å². The maximum atomic E-state index is 13.6. The quantitative estimate of drug-likeness (QED) is 0.578. The third-order valence-corrected chi connectivity index (χ3v) is 5.59. The van der Waals surface area contributed by atoms with Crippen LogP contribution >= 0.6 is 0 Å². The highest BCUT2D eigenvalue weighted by Gasteiger charge is 2.27. The number of methoxy groups -OCH3 is 1. The van der Waals surface area contributed by atoms with Crippen molar-refractivity contribution < 1.29 is 18.3 Å². The van der Waals surface area contributed by atoms with Crippen molar-refractivity contribution in [1.82, 2.24) is 14.9 Å². The number of nitrogens with zero attached hydrogens (tertiary/aromatic N) is 3. The zero-order valence-electron chi connectivity index (χ0n) is 18.9. The summed E-state index contributed by atoms with van der Waals surface area (Å²) in [5.41, 5.74) is 9.15. The number of hydrogen-bond donors (Lipinski definition) is 1. The number of halogens is 2. The van der Waals surface area contributed by atoms with Crippen molar-refractivity contribution in [1.29, 1.82) is 0 Å². The molecule has 0 radical (unpaired) electrons. The molecule has 32 heavy (non-hydrogen) atoms.